The second-order valence-electron chi connectivity index (χ2n) is 6.61. The molecule has 1 heterocycles. The van der Waals surface area contributed by atoms with E-state index in [-0.39, 0.29) is 0 Å². The highest BCUT2D eigenvalue weighted by Crippen LogP contribution is 2.41. The van der Waals surface area contributed by atoms with Crippen LogP contribution in [0.25, 0.3) is 0 Å². The molecule has 0 amide bonds. The molecule has 1 N–H and O–H groups in total. The summed E-state index contributed by atoms with van der Waals surface area (Å²) in [6.45, 7) is 4.65. The van der Waals surface area contributed by atoms with Crippen molar-refractivity contribution in [3.05, 3.63) is 0 Å². The van der Waals surface area contributed by atoms with Crippen LogP contribution in [0.15, 0.2) is 0 Å². The van der Waals surface area contributed by atoms with E-state index in [0.717, 1.165) is 39.0 Å². The summed E-state index contributed by atoms with van der Waals surface area (Å²) < 4.78 is 43.7. The molecule has 2 nitrogen and oxygen atoms in total. The molecular weight excluding hydrogens is 279 g/mol. The van der Waals surface area contributed by atoms with Crippen LogP contribution in [-0.4, -0.2) is 32.0 Å². The number of alkyl halides is 3. The first kappa shape index (κ1) is 17.1. The minimum absolute atomic E-state index is 0.309. The summed E-state index contributed by atoms with van der Waals surface area (Å²) in [5, 5.41) is 3.53. The van der Waals surface area contributed by atoms with Gasteiger partial charge < -0.3 is 10.1 Å². The quantitative estimate of drug-likeness (QED) is 0.824. The van der Waals surface area contributed by atoms with Crippen molar-refractivity contribution in [1.82, 2.24) is 5.32 Å². The predicted molar refractivity (Wildman–Crippen MR) is 77.1 cm³/mol. The molecule has 1 unspecified atom stereocenters. The lowest BCUT2D eigenvalue weighted by Crippen LogP contribution is -2.41. The Kier molecular flexibility index (Phi) is 6.35. The Balaban J connectivity index is 1.84. The molecule has 1 atom stereocenters. The van der Waals surface area contributed by atoms with Crippen LogP contribution < -0.4 is 5.32 Å². The van der Waals surface area contributed by atoms with E-state index in [1.807, 2.05) is 0 Å². The second kappa shape index (κ2) is 7.82. The fourth-order valence-electron chi connectivity index (χ4n) is 3.89. The number of hydrogen-bond donors (Lipinski definition) is 1. The standard InChI is InChI=1S/C16H28F3NO/c1-2-20-15(11-12-7-9-21-10-8-12)13-3-5-14(6-4-13)16(17,18)19/h12-15,20H,2-11H2,1H3. The summed E-state index contributed by atoms with van der Waals surface area (Å²) in [7, 11) is 0. The molecule has 1 saturated carbocycles. The Hall–Kier alpha value is -0.290. The van der Waals surface area contributed by atoms with E-state index >= 15 is 0 Å². The summed E-state index contributed by atoms with van der Waals surface area (Å²) in [4.78, 5) is 0. The molecule has 0 radical (unpaired) electrons. The van der Waals surface area contributed by atoms with Gasteiger partial charge in [0.15, 0.2) is 0 Å². The highest BCUT2D eigenvalue weighted by Gasteiger charge is 2.42. The minimum Gasteiger partial charge on any atom is -0.381 e. The molecule has 1 aliphatic heterocycles. The largest absolute Gasteiger partial charge is 0.391 e. The number of halogens is 3. The normalized spacial score (nSPS) is 30.3. The molecule has 2 aliphatic rings. The molecule has 0 aromatic rings. The summed E-state index contributed by atoms with van der Waals surface area (Å²) >= 11 is 0. The SMILES string of the molecule is CCNC(CC1CCOCC1)C1CCC(C(F)(F)F)CC1. The van der Waals surface area contributed by atoms with Crippen molar-refractivity contribution in [3.63, 3.8) is 0 Å². The molecule has 1 saturated heterocycles. The van der Waals surface area contributed by atoms with Gasteiger partial charge in [0.25, 0.3) is 0 Å². The van der Waals surface area contributed by atoms with Gasteiger partial charge in [-0.05, 0) is 63.3 Å². The number of ether oxygens (including phenoxy) is 1. The van der Waals surface area contributed by atoms with Crippen molar-refractivity contribution >= 4 is 0 Å². The van der Waals surface area contributed by atoms with Crippen LogP contribution in [0.1, 0.15) is 51.9 Å². The van der Waals surface area contributed by atoms with Crippen LogP contribution >= 0.6 is 0 Å². The van der Waals surface area contributed by atoms with Crippen molar-refractivity contribution in [2.75, 3.05) is 19.8 Å². The molecule has 5 heteroatoms. The van der Waals surface area contributed by atoms with Crippen LogP contribution in [-0.2, 0) is 4.74 Å². The first-order valence-corrected chi connectivity index (χ1v) is 8.38. The van der Waals surface area contributed by atoms with Crippen LogP contribution in [0.3, 0.4) is 0 Å². The Morgan fingerprint density at radius 1 is 1.05 bits per heavy atom. The summed E-state index contributed by atoms with van der Waals surface area (Å²) in [6, 6.07) is 0.382. The number of hydrogen-bond acceptors (Lipinski definition) is 2. The van der Waals surface area contributed by atoms with Gasteiger partial charge in [-0.25, -0.2) is 0 Å². The second-order valence-corrected chi connectivity index (χ2v) is 6.61. The maximum atomic E-state index is 12.8. The van der Waals surface area contributed by atoms with E-state index in [4.69, 9.17) is 4.74 Å². The molecule has 0 aromatic carbocycles. The third-order valence-corrected chi connectivity index (χ3v) is 5.20. The lowest BCUT2D eigenvalue weighted by Gasteiger charge is -2.37. The Morgan fingerprint density at radius 2 is 1.67 bits per heavy atom. The zero-order valence-corrected chi connectivity index (χ0v) is 12.9. The van der Waals surface area contributed by atoms with Gasteiger partial charge in [0.1, 0.15) is 0 Å². The monoisotopic (exact) mass is 307 g/mol. The van der Waals surface area contributed by atoms with Crippen LogP contribution in [0.4, 0.5) is 13.2 Å². The molecule has 21 heavy (non-hydrogen) atoms. The molecule has 2 rings (SSSR count). The van der Waals surface area contributed by atoms with Crippen molar-refractivity contribution in [1.29, 1.82) is 0 Å². The van der Waals surface area contributed by atoms with Gasteiger partial charge in [-0.15, -0.1) is 0 Å². The third kappa shape index (κ3) is 5.13. The van der Waals surface area contributed by atoms with Gasteiger partial charge in [0.05, 0.1) is 5.92 Å². The highest BCUT2D eigenvalue weighted by atomic mass is 19.4. The van der Waals surface area contributed by atoms with Crippen molar-refractivity contribution < 1.29 is 17.9 Å². The van der Waals surface area contributed by atoms with Gasteiger partial charge in [0.2, 0.25) is 0 Å². The van der Waals surface area contributed by atoms with E-state index in [0.29, 0.717) is 43.6 Å². The molecular formula is C16H28F3NO. The van der Waals surface area contributed by atoms with E-state index in [2.05, 4.69) is 12.2 Å². The summed E-state index contributed by atoms with van der Waals surface area (Å²) in [5.41, 5.74) is 0. The van der Waals surface area contributed by atoms with E-state index < -0.39 is 12.1 Å². The van der Waals surface area contributed by atoms with E-state index in [9.17, 15) is 13.2 Å². The first-order chi connectivity index (χ1) is 10.0. The lowest BCUT2D eigenvalue weighted by atomic mass is 9.75. The average molecular weight is 307 g/mol. The van der Waals surface area contributed by atoms with Crippen molar-refractivity contribution in [2.24, 2.45) is 17.8 Å². The average Bonchev–Trinajstić information content (AvgIpc) is 2.47. The smallest absolute Gasteiger partial charge is 0.381 e. The fraction of sp³-hybridized carbons (Fsp3) is 1.00. The Morgan fingerprint density at radius 3 is 2.19 bits per heavy atom. The van der Waals surface area contributed by atoms with Crippen LogP contribution in [0.2, 0.25) is 0 Å². The molecule has 0 aromatic heterocycles. The fourth-order valence-corrected chi connectivity index (χ4v) is 3.89. The summed E-state index contributed by atoms with van der Waals surface area (Å²) in [6.07, 6.45) is 1.33. The van der Waals surface area contributed by atoms with Crippen molar-refractivity contribution in [2.45, 2.75) is 64.1 Å². The van der Waals surface area contributed by atoms with Crippen LogP contribution in [0, 0.1) is 17.8 Å². The molecule has 0 spiro atoms. The zero-order chi connectivity index (χ0) is 15.3. The minimum atomic E-state index is -4.00. The zero-order valence-electron chi connectivity index (χ0n) is 12.9. The number of nitrogens with one attached hydrogen (secondary N) is 1. The topological polar surface area (TPSA) is 21.3 Å². The molecule has 0 bridgehead atoms. The van der Waals surface area contributed by atoms with Crippen molar-refractivity contribution in [3.8, 4) is 0 Å². The van der Waals surface area contributed by atoms with Gasteiger partial charge >= 0.3 is 6.18 Å². The lowest BCUT2D eigenvalue weighted by molar-refractivity contribution is -0.184. The Bertz CT molecular complexity index is 294. The predicted octanol–water partition coefficient (Wildman–Crippen LogP) is 4.15. The maximum Gasteiger partial charge on any atom is 0.391 e. The Labute approximate surface area is 125 Å². The van der Waals surface area contributed by atoms with Gasteiger partial charge in [-0.3, -0.25) is 0 Å². The molecule has 1 aliphatic carbocycles. The third-order valence-electron chi connectivity index (χ3n) is 5.20. The maximum absolute atomic E-state index is 12.8. The number of rotatable bonds is 5. The summed E-state index contributed by atoms with van der Waals surface area (Å²) in [5.74, 6) is 0.00800. The van der Waals surface area contributed by atoms with Crippen LogP contribution in [0.5, 0.6) is 0 Å². The highest BCUT2D eigenvalue weighted by molar-refractivity contribution is 4.85. The van der Waals surface area contributed by atoms with E-state index in [1.54, 1.807) is 0 Å². The first-order valence-electron chi connectivity index (χ1n) is 8.38. The molecule has 2 fully saturated rings. The van der Waals surface area contributed by atoms with Gasteiger partial charge in [-0.2, -0.15) is 13.2 Å². The van der Waals surface area contributed by atoms with Gasteiger partial charge in [-0.1, -0.05) is 6.92 Å². The molecule has 124 valence electrons. The van der Waals surface area contributed by atoms with E-state index in [1.165, 1.54) is 0 Å². The van der Waals surface area contributed by atoms with Gasteiger partial charge in [0, 0.05) is 19.3 Å².